The Hall–Kier alpha value is -3.22. The number of likely N-dealkylation sites (tertiary alicyclic amines) is 1. The fourth-order valence-corrected chi connectivity index (χ4v) is 3.36. The second-order valence-electron chi connectivity index (χ2n) is 7.16. The lowest BCUT2D eigenvalue weighted by Crippen LogP contribution is -2.29. The van der Waals surface area contributed by atoms with E-state index in [1.54, 1.807) is 36.4 Å². The summed E-state index contributed by atoms with van der Waals surface area (Å²) < 4.78 is 5.40. The van der Waals surface area contributed by atoms with Crippen molar-refractivity contribution in [3.05, 3.63) is 48.0 Å². The van der Waals surface area contributed by atoms with Crippen LogP contribution in [0, 0.1) is 0 Å². The van der Waals surface area contributed by atoms with Crippen molar-refractivity contribution in [3.63, 3.8) is 0 Å². The molecule has 7 heteroatoms. The van der Waals surface area contributed by atoms with Gasteiger partial charge in [-0.05, 0) is 62.2 Å². The van der Waals surface area contributed by atoms with E-state index >= 15 is 0 Å². The van der Waals surface area contributed by atoms with Crippen LogP contribution in [-0.2, 0) is 0 Å². The highest BCUT2D eigenvalue weighted by atomic mass is 16.5. The summed E-state index contributed by atoms with van der Waals surface area (Å²) in [6, 6.07) is 12.2. The van der Waals surface area contributed by atoms with E-state index in [0.29, 0.717) is 23.5 Å². The molecule has 2 aromatic carbocycles. The van der Waals surface area contributed by atoms with Gasteiger partial charge in [-0.15, -0.1) is 0 Å². The molecule has 3 rings (SSSR count). The summed E-state index contributed by atoms with van der Waals surface area (Å²) >= 11 is 0. The highest BCUT2D eigenvalue weighted by Gasteiger charge is 2.23. The van der Waals surface area contributed by atoms with E-state index in [-0.39, 0.29) is 11.9 Å². The molecule has 1 aliphatic rings. The Morgan fingerprint density at radius 1 is 1.00 bits per heavy atom. The molecule has 0 saturated carbocycles. The van der Waals surface area contributed by atoms with Gasteiger partial charge in [0, 0.05) is 44.2 Å². The number of carbonyl (C=O) groups is 2. The number of rotatable bonds is 6. The van der Waals surface area contributed by atoms with Gasteiger partial charge in [-0.1, -0.05) is 0 Å². The van der Waals surface area contributed by atoms with Crippen molar-refractivity contribution in [2.45, 2.75) is 19.8 Å². The van der Waals surface area contributed by atoms with E-state index < -0.39 is 0 Å². The number of ether oxygens (including phenoxy) is 1. The lowest BCUT2D eigenvalue weighted by atomic mass is 10.1. The average molecular weight is 396 g/mol. The first-order chi connectivity index (χ1) is 14.0. The topological polar surface area (TPSA) is 73.9 Å². The Labute approximate surface area is 171 Å². The maximum Gasteiger partial charge on any atom is 0.323 e. The number of hydrogen-bond acceptors (Lipinski definition) is 4. The predicted molar refractivity (Wildman–Crippen MR) is 116 cm³/mol. The Bertz CT molecular complexity index is 859. The molecule has 0 unspecified atom stereocenters. The van der Waals surface area contributed by atoms with E-state index in [1.165, 1.54) is 0 Å². The molecule has 2 N–H and O–H groups in total. The zero-order valence-electron chi connectivity index (χ0n) is 17.2. The minimum Gasteiger partial charge on any atom is -0.494 e. The second kappa shape index (κ2) is 9.32. The van der Waals surface area contributed by atoms with Gasteiger partial charge in [0.15, 0.2) is 0 Å². The smallest absolute Gasteiger partial charge is 0.323 e. The zero-order chi connectivity index (χ0) is 20.8. The van der Waals surface area contributed by atoms with E-state index in [1.807, 2.05) is 36.9 Å². The molecule has 1 saturated heterocycles. The summed E-state index contributed by atoms with van der Waals surface area (Å²) in [4.78, 5) is 29.1. The molecule has 2 aromatic rings. The Balaban J connectivity index is 1.72. The van der Waals surface area contributed by atoms with E-state index in [4.69, 9.17) is 4.74 Å². The first-order valence-electron chi connectivity index (χ1n) is 9.89. The van der Waals surface area contributed by atoms with Crippen molar-refractivity contribution in [2.24, 2.45) is 0 Å². The molecular weight excluding hydrogens is 368 g/mol. The van der Waals surface area contributed by atoms with Crippen LogP contribution in [0.15, 0.2) is 42.5 Å². The van der Waals surface area contributed by atoms with Crippen LogP contribution in [0.25, 0.3) is 0 Å². The van der Waals surface area contributed by atoms with Crippen molar-refractivity contribution >= 4 is 29.0 Å². The number of amides is 3. The third kappa shape index (κ3) is 5.19. The molecule has 1 heterocycles. The monoisotopic (exact) mass is 396 g/mol. The van der Waals surface area contributed by atoms with Gasteiger partial charge in [0.25, 0.3) is 5.91 Å². The van der Waals surface area contributed by atoms with E-state index in [0.717, 1.165) is 37.4 Å². The van der Waals surface area contributed by atoms with E-state index in [9.17, 15) is 9.59 Å². The number of urea groups is 1. The third-order valence-electron chi connectivity index (χ3n) is 4.78. The van der Waals surface area contributed by atoms with Gasteiger partial charge in [0.2, 0.25) is 0 Å². The molecule has 0 aliphatic carbocycles. The minimum atomic E-state index is -0.369. The van der Waals surface area contributed by atoms with Gasteiger partial charge in [0.1, 0.15) is 5.75 Å². The predicted octanol–water partition coefficient (Wildman–Crippen LogP) is 4.03. The van der Waals surface area contributed by atoms with Crippen molar-refractivity contribution in [1.82, 2.24) is 4.90 Å². The summed E-state index contributed by atoms with van der Waals surface area (Å²) in [7, 11) is 3.81. The number of carbonyl (C=O) groups excluding carboxylic acids is 2. The first kappa shape index (κ1) is 20.5. The average Bonchev–Trinajstić information content (AvgIpc) is 3.23. The van der Waals surface area contributed by atoms with Gasteiger partial charge in [-0.3, -0.25) is 4.79 Å². The quantitative estimate of drug-likeness (QED) is 0.773. The van der Waals surface area contributed by atoms with Crippen LogP contribution >= 0.6 is 0 Å². The molecule has 0 spiro atoms. The Morgan fingerprint density at radius 3 is 2.24 bits per heavy atom. The number of benzene rings is 2. The highest BCUT2D eigenvalue weighted by Crippen LogP contribution is 2.26. The molecule has 154 valence electrons. The number of nitrogens with one attached hydrogen (secondary N) is 2. The summed E-state index contributed by atoms with van der Waals surface area (Å²) in [6.45, 7) is 4.07. The van der Waals surface area contributed by atoms with Crippen LogP contribution < -0.4 is 20.3 Å². The normalized spacial score (nSPS) is 13.1. The molecule has 3 amide bonds. The summed E-state index contributed by atoms with van der Waals surface area (Å²) in [5.41, 5.74) is 2.65. The Kier molecular flexibility index (Phi) is 6.59. The van der Waals surface area contributed by atoms with Crippen LogP contribution in [0.3, 0.4) is 0 Å². The number of nitrogens with zero attached hydrogens (tertiary/aromatic N) is 2. The van der Waals surface area contributed by atoms with Gasteiger partial charge in [-0.2, -0.15) is 0 Å². The lowest BCUT2D eigenvalue weighted by molar-refractivity contribution is 0.0793. The minimum absolute atomic E-state index is 0.00164. The lowest BCUT2D eigenvalue weighted by Gasteiger charge is -2.22. The molecule has 0 bridgehead atoms. The Morgan fingerprint density at radius 2 is 1.62 bits per heavy atom. The maximum absolute atomic E-state index is 12.9. The molecule has 0 radical (unpaired) electrons. The first-order valence-corrected chi connectivity index (χ1v) is 9.89. The third-order valence-corrected chi connectivity index (χ3v) is 4.78. The van der Waals surface area contributed by atoms with Gasteiger partial charge >= 0.3 is 6.03 Å². The van der Waals surface area contributed by atoms with Gasteiger partial charge in [0.05, 0.1) is 12.2 Å². The highest BCUT2D eigenvalue weighted by molar-refractivity contribution is 6.04. The van der Waals surface area contributed by atoms with Crippen molar-refractivity contribution in [2.75, 3.05) is 49.3 Å². The van der Waals surface area contributed by atoms with Crippen LogP contribution in [0.5, 0.6) is 5.75 Å². The van der Waals surface area contributed by atoms with Crippen LogP contribution in [0.4, 0.5) is 21.9 Å². The van der Waals surface area contributed by atoms with Gasteiger partial charge < -0.3 is 25.2 Å². The molecule has 7 nitrogen and oxygen atoms in total. The summed E-state index contributed by atoms with van der Waals surface area (Å²) in [6.07, 6.45) is 2.07. The van der Waals surface area contributed by atoms with Crippen molar-refractivity contribution in [1.29, 1.82) is 0 Å². The molecular formula is C22H28N4O3. The van der Waals surface area contributed by atoms with Crippen LogP contribution in [0.1, 0.15) is 30.1 Å². The molecule has 0 atom stereocenters. The summed E-state index contributed by atoms with van der Waals surface area (Å²) in [5.74, 6) is 0.754. The molecule has 0 aromatic heterocycles. The molecule has 1 fully saturated rings. The van der Waals surface area contributed by atoms with Crippen molar-refractivity contribution < 1.29 is 14.3 Å². The second-order valence-corrected chi connectivity index (χ2v) is 7.16. The number of hydrogen-bond donors (Lipinski definition) is 2. The maximum atomic E-state index is 12.9. The largest absolute Gasteiger partial charge is 0.494 e. The fourth-order valence-electron chi connectivity index (χ4n) is 3.36. The molecule has 29 heavy (non-hydrogen) atoms. The van der Waals surface area contributed by atoms with Crippen molar-refractivity contribution in [3.8, 4) is 5.75 Å². The SMILES string of the molecule is CCOc1ccc(NC(=O)Nc2ccc(N(C)C)c(C(=O)N3CCCC3)c2)cc1. The standard InChI is InChI=1S/C22H28N4O3/c1-4-29-18-10-7-16(8-11-18)23-22(28)24-17-9-12-20(25(2)3)19(15-17)21(27)26-13-5-6-14-26/h7-12,15H,4-6,13-14H2,1-3H3,(H2,23,24,28). The zero-order valence-corrected chi connectivity index (χ0v) is 17.2. The van der Waals surface area contributed by atoms with Crippen LogP contribution in [-0.4, -0.2) is 50.6 Å². The van der Waals surface area contributed by atoms with E-state index in [2.05, 4.69) is 10.6 Å². The molecule has 1 aliphatic heterocycles. The fraction of sp³-hybridized carbons (Fsp3) is 0.364. The summed E-state index contributed by atoms with van der Waals surface area (Å²) in [5, 5.41) is 5.60. The number of anilines is 3. The van der Waals surface area contributed by atoms with Crippen LogP contribution in [0.2, 0.25) is 0 Å². The van der Waals surface area contributed by atoms with Gasteiger partial charge in [-0.25, -0.2) is 4.79 Å².